The van der Waals surface area contributed by atoms with Crippen LogP contribution in [0.15, 0.2) is 42.6 Å². The van der Waals surface area contributed by atoms with Gasteiger partial charge in [0, 0.05) is 24.8 Å². The van der Waals surface area contributed by atoms with Crippen molar-refractivity contribution in [3.05, 3.63) is 48.3 Å². The molecule has 0 saturated carbocycles. The predicted molar refractivity (Wildman–Crippen MR) is 91.4 cm³/mol. The van der Waals surface area contributed by atoms with Crippen molar-refractivity contribution in [2.75, 3.05) is 31.1 Å². The van der Waals surface area contributed by atoms with Gasteiger partial charge in [-0.2, -0.15) is 0 Å². The van der Waals surface area contributed by atoms with E-state index in [9.17, 15) is 4.79 Å². The topological polar surface area (TPSA) is 36.4 Å². The molecule has 0 radical (unpaired) electrons. The van der Waals surface area contributed by atoms with Crippen LogP contribution in [0.5, 0.6) is 0 Å². The van der Waals surface area contributed by atoms with E-state index in [1.807, 2.05) is 29.3 Å². The average molecular weight is 307 g/mol. The minimum atomic E-state index is 0.178. The number of carbonyl (C=O) groups excluding carboxylic acids is 1. The lowest BCUT2D eigenvalue weighted by molar-refractivity contribution is -0.117. The zero-order chi connectivity index (χ0) is 15.6. The van der Waals surface area contributed by atoms with Crippen LogP contribution in [0.2, 0.25) is 0 Å². The highest BCUT2D eigenvalue weighted by Gasteiger charge is 2.29. The number of amides is 1. The highest BCUT2D eigenvalue weighted by atomic mass is 16.2. The molecule has 1 fully saturated rings. The van der Waals surface area contributed by atoms with Gasteiger partial charge in [-0.1, -0.05) is 30.3 Å². The van der Waals surface area contributed by atoms with Crippen LogP contribution in [0.3, 0.4) is 0 Å². The molecule has 1 aromatic heterocycles. The lowest BCUT2D eigenvalue weighted by Gasteiger charge is -2.22. The first-order valence-electron chi connectivity index (χ1n) is 8.38. The van der Waals surface area contributed by atoms with E-state index >= 15 is 0 Å². The number of anilines is 1. The summed E-state index contributed by atoms with van der Waals surface area (Å²) in [4.78, 5) is 21.3. The zero-order valence-electron chi connectivity index (χ0n) is 13.2. The minimum absolute atomic E-state index is 0.178. The van der Waals surface area contributed by atoms with Crippen LogP contribution in [0.1, 0.15) is 18.5 Å². The molecule has 1 aromatic carbocycles. The van der Waals surface area contributed by atoms with Crippen LogP contribution in [-0.2, 0) is 11.2 Å². The molecule has 0 unspecified atom stereocenters. The summed E-state index contributed by atoms with van der Waals surface area (Å²) < 4.78 is 0. The minimum Gasteiger partial charge on any atom is -0.309 e. The molecule has 0 N–H and O–H groups in total. The second-order valence-electron chi connectivity index (χ2n) is 6.33. The molecule has 118 valence electrons. The van der Waals surface area contributed by atoms with Gasteiger partial charge in [0.25, 0.3) is 0 Å². The van der Waals surface area contributed by atoms with Gasteiger partial charge in [0.15, 0.2) is 0 Å². The molecule has 0 aliphatic carbocycles. The van der Waals surface area contributed by atoms with E-state index in [1.165, 1.54) is 12.8 Å². The van der Waals surface area contributed by atoms with Crippen molar-refractivity contribution in [3.8, 4) is 11.1 Å². The van der Waals surface area contributed by atoms with Crippen molar-refractivity contribution in [2.45, 2.75) is 19.3 Å². The summed E-state index contributed by atoms with van der Waals surface area (Å²) in [5.41, 5.74) is 4.12. The number of fused-ring (bicyclic) bond motifs is 1. The van der Waals surface area contributed by atoms with Gasteiger partial charge in [0.05, 0.1) is 17.8 Å². The van der Waals surface area contributed by atoms with Crippen molar-refractivity contribution < 1.29 is 4.79 Å². The Morgan fingerprint density at radius 3 is 2.57 bits per heavy atom. The first kappa shape index (κ1) is 14.4. The molecule has 2 aliphatic heterocycles. The van der Waals surface area contributed by atoms with E-state index < -0.39 is 0 Å². The average Bonchev–Trinajstić information content (AvgIpc) is 3.20. The Bertz CT molecular complexity index is 708. The van der Waals surface area contributed by atoms with Crippen LogP contribution >= 0.6 is 0 Å². The number of hydrogen-bond acceptors (Lipinski definition) is 3. The van der Waals surface area contributed by atoms with Crippen LogP contribution in [0.25, 0.3) is 11.1 Å². The van der Waals surface area contributed by atoms with Crippen molar-refractivity contribution in [3.63, 3.8) is 0 Å². The normalized spacial score (nSPS) is 17.7. The number of carbonyl (C=O) groups is 1. The molecule has 1 saturated heterocycles. The second kappa shape index (κ2) is 6.13. The summed E-state index contributed by atoms with van der Waals surface area (Å²) >= 11 is 0. The van der Waals surface area contributed by atoms with Gasteiger partial charge in [0.1, 0.15) is 0 Å². The predicted octanol–water partition coefficient (Wildman–Crippen LogP) is 2.73. The van der Waals surface area contributed by atoms with Crippen LogP contribution < -0.4 is 4.90 Å². The summed E-state index contributed by atoms with van der Waals surface area (Å²) in [7, 11) is 0. The number of benzene rings is 1. The summed E-state index contributed by atoms with van der Waals surface area (Å²) in [6.07, 6.45) is 4.88. The van der Waals surface area contributed by atoms with E-state index in [1.54, 1.807) is 0 Å². The van der Waals surface area contributed by atoms with E-state index in [-0.39, 0.29) is 5.91 Å². The van der Waals surface area contributed by atoms with Gasteiger partial charge in [-0.3, -0.25) is 9.78 Å². The van der Waals surface area contributed by atoms with Gasteiger partial charge in [-0.05, 0) is 37.6 Å². The van der Waals surface area contributed by atoms with Gasteiger partial charge in [0.2, 0.25) is 5.91 Å². The standard InChI is InChI=1S/C19H21N3O/c23-19-13-17-18(22(19)11-10-21-8-4-5-9-21)12-16(14-20-17)15-6-2-1-3-7-15/h1-3,6-7,12,14H,4-5,8-11,13H2. The Balaban J connectivity index is 1.57. The second-order valence-corrected chi connectivity index (χ2v) is 6.33. The monoisotopic (exact) mass is 307 g/mol. The smallest absolute Gasteiger partial charge is 0.233 e. The summed E-state index contributed by atoms with van der Waals surface area (Å²) in [6, 6.07) is 12.3. The quantitative estimate of drug-likeness (QED) is 0.871. The van der Waals surface area contributed by atoms with Crippen molar-refractivity contribution >= 4 is 11.6 Å². The molecule has 0 spiro atoms. The number of likely N-dealkylation sites (tertiary alicyclic amines) is 1. The molecular weight excluding hydrogens is 286 g/mol. The third-order valence-electron chi connectivity index (χ3n) is 4.80. The van der Waals surface area contributed by atoms with Crippen LogP contribution in [-0.4, -0.2) is 42.0 Å². The van der Waals surface area contributed by atoms with Gasteiger partial charge in [-0.25, -0.2) is 0 Å². The maximum absolute atomic E-state index is 12.4. The molecule has 2 aromatic rings. The number of nitrogens with zero attached hydrogens (tertiary/aromatic N) is 3. The number of pyridine rings is 1. The Morgan fingerprint density at radius 2 is 1.78 bits per heavy atom. The van der Waals surface area contributed by atoms with Crippen molar-refractivity contribution in [1.82, 2.24) is 9.88 Å². The molecule has 4 heteroatoms. The maximum atomic E-state index is 12.4. The van der Waals surface area contributed by atoms with Crippen molar-refractivity contribution in [2.24, 2.45) is 0 Å². The third kappa shape index (κ3) is 2.86. The Kier molecular flexibility index (Phi) is 3.83. The molecule has 1 amide bonds. The Morgan fingerprint density at radius 1 is 1.00 bits per heavy atom. The molecular formula is C19H21N3O. The lowest BCUT2D eigenvalue weighted by Crippen LogP contribution is -2.35. The van der Waals surface area contributed by atoms with E-state index in [4.69, 9.17) is 0 Å². The SMILES string of the molecule is O=C1Cc2ncc(-c3ccccc3)cc2N1CCN1CCCC1. The fourth-order valence-corrected chi connectivity index (χ4v) is 3.51. The zero-order valence-corrected chi connectivity index (χ0v) is 13.2. The van der Waals surface area contributed by atoms with Gasteiger partial charge in [-0.15, -0.1) is 0 Å². The summed E-state index contributed by atoms with van der Waals surface area (Å²) in [5.74, 6) is 0.178. The first-order chi connectivity index (χ1) is 11.3. The molecule has 2 aliphatic rings. The lowest BCUT2D eigenvalue weighted by atomic mass is 10.1. The third-order valence-corrected chi connectivity index (χ3v) is 4.80. The van der Waals surface area contributed by atoms with Crippen molar-refractivity contribution in [1.29, 1.82) is 0 Å². The Hall–Kier alpha value is -2.20. The summed E-state index contributed by atoms with van der Waals surface area (Å²) in [6.45, 7) is 4.06. The van der Waals surface area contributed by atoms with E-state index in [0.717, 1.165) is 48.7 Å². The molecule has 4 rings (SSSR count). The molecule has 0 bridgehead atoms. The highest BCUT2D eigenvalue weighted by molar-refractivity contribution is 6.01. The first-order valence-corrected chi connectivity index (χ1v) is 8.38. The molecule has 4 nitrogen and oxygen atoms in total. The van der Waals surface area contributed by atoms with Crippen LogP contribution in [0.4, 0.5) is 5.69 Å². The fraction of sp³-hybridized carbons (Fsp3) is 0.368. The number of hydrogen-bond donors (Lipinski definition) is 0. The summed E-state index contributed by atoms with van der Waals surface area (Å²) in [5, 5.41) is 0. The molecule has 23 heavy (non-hydrogen) atoms. The maximum Gasteiger partial charge on any atom is 0.233 e. The van der Waals surface area contributed by atoms with E-state index in [2.05, 4.69) is 28.1 Å². The highest BCUT2D eigenvalue weighted by Crippen LogP contribution is 2.31. The fourth-order valence-electron chi connectivity index (χ4n) is 3.51. The van der Waals surface area contributed by atoms with Gasteiger partial charge < -0.3 is 9.80 Å². The van der Waals surface area contributed by atoms with Gasteiger partial charge >= 0.3 is 0 Å². The number of rotatable bonds is 4. The largest absolute Gasteiger partial charge is 0.309 e. The van der Waals surface area contributed by atoms with E-state index in [0.29, 0.717) is 6.42 Å². The molecule has 0 atom stereocenters. The Labute approximate surface area is 136 Å². The number of aromatic nitrogens is 1. The van der Waals surface area contributed by atoms with Crippen LogP contribution in [0, 0.1) is 0 Å². The molecule has 3 heterocycles.